The van der Waals surface area contributed by atoms with Gasteiger partial charge in [-0.3, -0.25) is 10.1 Å². The zero-order chi connectivity index (χ0) is 15.7. The number of aliphatic hydroxyl groups excluding tert-OH is 1. The Hall–Kier alpha value is -2.22. The Balaban J connectivity index is 2.68. The maximum atomic E-state index is 11.4. The predicted octanol–water partition coefficient (Wildman–Crippen LogP) is 1.74. The number of aliphatic hydroxyl groups is 1. The Morgan fingerprint density at radius 3 is 2.71 bits per heavy atom. The topological polar surface area (TPSA) is 115 Å². The van der Waals surface area contributed by atoms with E-state index in [1.807, 2.05) is 0 Å². The van der Waals surface area contributed by atoms with Crippen molar-refractivity contribution in [2.75, 3.05) is 25.6 Å². The molecule has 0 aliphatic heterocycles. The highest BCUT2D eigenvalue weighted by Crippen LogP contribution is 2.22. The minimum atomic E-state index is -0.643. The SMILES string of the molecule is COC(=O)c1ccc([N+](=O)[O-])c(NCCCCCCO)n1. The lowest BCUT2D eigenvalue weighted by atomic mass is 10.2. The maximum Gasteiger partial charge on any atom is 0.356 e. The molecule has 0 saturated heterocycles. The molecule has 116 valence electrons. The van der Waals surface area contributed by atoms with E-state index in [0.29, 0.717) is 6.54 Å². The molecule has 2 N–H and O–H groups in total. The average molecular weight is 297 g/mol. The molecule has 1 heterocycles. The van der Waals surface area contributed by atoms with E-state index in [2.05, 4.69) is 15.0 Å². The number of nitrogens with zero attached hydrogens (tertiary/aromatic N) is 2. The van der Waals surface area contributed by atoms with Crippen LogP contribution in [0.3, 0.4) is 0 Å². The van der Waals surface area contributed by atoms with Crippen molar-refractivity contribution in [2.45, 2.75) is 25.7 Å². The number of nitrogens with one attached hydrogen (secondary N) is 1. The summed E-state index contributed by atoms with van der Waals surface area (Å²) < 4.78 is 4.54. The van der Waals surface area contributed by atoms with Crippen molar-refractivity contribution in [3.8, 4) is 0 Å². The minimum Gasteiger partial charge on any atom is -0.464 e. The van der Waals surface area contributed by atoms with Crippen LogP contribution in [-0.2, 0) is 4.74 Å². The summed E-state index contributed by atoms with van der Waals surface area (Å²) in [6.45, 7) is 0.672. The number of ether oxygens (including phenoxy) is 1. The monoisotopic (exact) mass is 297 g/mol. The maximum absolute atomic E-state index is 11.4. The number of pyridine rings is 1. The Morgan fingerprint density at radius 1 is 1.38 bits per heavy atom. The van der Waals surface area contributed by atoms with E-state index < -0.39 is 10.9 Å². The highest BCUT2D eigenvalue weighted by Gasteiger charge is 2.18. The molecule has 1 aromatic rings. The smallest absolute Gasteiger partial charge is 0.356 e. The number of carbonyl (C=O) groups excluding carboxylic acids is 1. The molecule has 0 unspecified atom stereocenters. The zero-order valence-electron chi connectivity index (χ0n) is 11.9. The third-order valence-electron chi connectivity index (χ3n) is 2.84. The fourth-order valence-electron chi connectivity index (χ4n) is 1.74. The van der Waals surface area contributed by atoms with Gasteiger partial charge in [0, 0.05) is 19.2 Å². The molecule has 0 aliphatic carbocycles. The van der Waals surface area contributed by atoms with Crippen molar-refractivity contribution in [1.82, 2.24) is 4.98 Å². The van der Waals surface area contributed by atoms with E-state index in [0.717, 1.165) is 25.7 Å². The summed E-state index contributed by atoms with van der Waals surface area (Å²) in [4.78, 5) is 25.7. The first-order valence-electron chi connectivity index (χ1n) is 6.68. The molecule has 0 fully saturated rings. The number of esters is 1. The molecule has 0 radical (unpaired) electrons. The van der Waals surface area contributed by atoms with Crippen molar-refractivity contribution < 1.29 is 19.6 Å². The molecule has 1 aromatic heterocycles. The van der Waals surface area contributed by atoms with E-state index >= 15 is 0 Å². The number of anilines is 1. The number of nitro groups is 1. The Bertz CT molecular complexity index is 493. The fraction of sp³-hybridized carbons (Fsp3) is 0.538. The predicted molar refractivity (Wildman–Crippen MR) is 76.3 cm³/mol. The second-order valence-electron chi connectivity index (χ2n) is 4.38. The van der Waals surface area contributed by atoms with E-state index in [1.165, 1.54) is 19.2 Å². The van der Waals surface area contributed by atoms with Crippen LogP contribution in [0.1, 0.15) is 36.2 Å². The van der Waals surface area contributed by atoms with Crippen molar-refractivity contribution in [1.29, 1.82) is 0 Å². The van der Waals surface area contributed by atoms with Gasteiger partial charge in [-0.2, -0.15) is 0 Å². The lowest BCUT2D eigenvalue weighted by molar-refractivity contribution is -0.384. The van der Waals surface area contributed by atoms with Gasteiger partial charge in [0.05, 0.1) is 12.0 Å². The summed E-state index contributed by atoms with van der Waals surface area (Å²) in [5, 5.41) is 22.5. The van der Waals surface area contributed by atoms with E-state index in [1.54, 1.807) is 0 Å². The third-order valence-corrected chi connectivity index (χ3v) is 2.84. The van der Waals surface area contributed by atoms with Gasteiger partial charge in [0.15, 0.2) is 5.69 Å². The highest BCUT2D eigenvalue weighted by molar-refractivity contribution is 5.88. The lowest BCUT2D eigenvalue weighted by Gasteiger charge is -2.07. The molecule has 0 atom stereocenters. The van der Waals surface area contributed by atoms with Gasteiger partial charge >= 0.3 is 11.7 Å². The molecule has 8 heteroatoms. The van der Waals surface area contributed by atoms with E-state index in [4.69, 9.17) is 5.11 Å². The molecule has 1 rings (SSSR count). The first-order chi connectivity index (χ1) is 10.1. The number of hydrogen-bond donors (Lipinski definition) is 2. The van der Waals surface area contributed by atoms with Gasteiger partial charge in [0.2, 0.25) is 5.82 Å². The number of hydrogen-bond acceptors (Lipinski definition) is 7. The number of rotatable bonds is 9. The summed E-state index contributed by atoms with van der Waals surface area (Å²) >= 11 is 0. The molecule has 0 aromatic carbocycles. The van der Waals surface area contributed by atoms with Gasteiger partial charge in [0.25, 0.3) is 0 Å². The molecule has 0 amide bonds. The van der Waals surface area contributed by atoms with Gasteiger partial charge < -0.3 is 15.2 Å². The minimum absolute atomic E-state index is 0.0193. The fourth-order valence-corrected chi connectivity index (χ4v) is 1.74. The third kappa shape index (κ3) is 5.35. The largest absolute Gasteiger partial charge is 0.464 e. The molecule has 0 bridgehead atoms. The van der Waals surface area contributed by atoms with Crippen LogP contribution in [0.25, 0.3) is 0 Å². The molecule has 8 nitrogen and oxygen atoms in total. The van der Waals surface area contributed by atoms with Gasteiger partial charge in [-0.1, -0.05) is 12.8 Å². The van der Waals surface area contributed by atoms with Crippen LogP contribution < -0.4 is 5.32 Å². The standard InChI is InChI=1S/C13H19N3O5/c1-21-13(18)10-6-7-11(16(19)20)12(15-10)14-8-4-2-3-5-9-17/h6-7,17H,2-5,8-9H2,1H3,(H,14,15). The second kappa shape index (κ2) is 8.85. The normalized spacial score (nSPS) is 10.2. The van der Waals surface area contributed by atoms with Gasteiger partial charge in [0.1, 0.15) is 0 Å². The van der Waals surface area contributed by atoms with Crippen molar-refractivity contribution >= 4 is 17.5 Å². The van der Waals surface area contributed by atoms with Crippen molar-refractivity contribution in [3.05, 3.63) is 27.9 Å². The summed E-state index contributed by atoms with van der Waals surface area (Å²) in [7, 11) is 1.22. The van der Waals surface area contributed by atoms with Crippen LogP contribution in [-0.4, -0.2) is 41.2 Å². The number of methoxy groups -OCH3 is 1. The van der Waals surface area contributed by atoms with Crippen LogP contribution in [0.2, 0.25) is 0 Å². The summed E-state index contributed by atoms with van der Waals surface area (Å²) in [5.41, 5.74) is -0.163. The Labute approximate surface area is 122 Å². The van der Waals surface area contributed by atoms with Crippen LogP contribution >= 0.6 is 0 Å². The molecule has 0 aliphatic rings. The van der Waals surface area contributed by atoms with Crippen LogP contribution in [0.4, 0.5) is 11.5 Å². The summed E-state index contributed by atoms with van der Waals surface area (Å²) in [5.74, 6) is -0.582. The molecule has 21 heavy (non-hydrogen) atoms. The van der Waals surface area contributed by atoms with Crippen LogP contribution in [0.15, 0.2) is 12.1 Å². The van der Waals surface area contributed by atoms with Crippen LogP contribution in [0.5, 0.6) is 0 Å². The Kier molecular flexibility index (Phi) is 7.10. The first-order valence-corrected chi connectivity index (χ1v) is 6.68. The van der Waals surface area contributed by atoms with Gasteiger partial charge in [-0.15, -0.1) is 0 Å². The molecular formula is C13H19N3O5. The molecule has 0 spiro atoms. The number of carbonyl (C=O) groups is 1. The van der Waals surface area contributed by atoms with E-state index in [-0.39, 0.29) is 23.8 Å². The molecular weight excluding hydrogens is 278 g/mol. The van der Waals surface area contributed by atoms with Gasteiger partial charge in [-0.25, -0.2) is 9.78 Å². The summed E-state index contributed by atoms with van der Waals surface area (Å²) in [6.07, 6.45) is 3.34. The second-order valence-corrected chi connectivity index (χ2v) is 4.38. The lowest BCUT2D eigenvalue weighted by Crippen LogP contribution is -2.10. The first kappa shape index (κ1) is 16.8. The summed E-state index contributed by atoms with van der Waals surface area (Å²) in [6, 6.07) is 2.49. The quantitative estimate of drug-likeness (QED) is 0.309. The van der Waals surface area contributed by atoms with E-state index in [9.17, 15) is 14.9 Å². The number of unbranched alkanes of at least 4 members (excludes halogenated alkanes) is 3. The van der Waals surface area contributed by atoms with Crippen molar-refractivity contribution in [3.63, 3.8) is 0 Å². The number of aromatic nitrogens is 1. The van der Waals surface area contributed by atoms with Crippen molar-refractivity contribution in [2.24, 2.45) is 0 Å². The van der Waals surface area contributed by atoms with Gasteiger partial charge in [-0.05, 0) is 18.9 Å². The Morgan fingerprint density at radius 2 is 2.10 bits per heavy atom. The zero-order valence-corrected chi connectivity index (χ0v) is 11.9. The highest BCUT2D eigenvalue weighted by atomic mass is 16.6. The molecule has 0 saturated carbocycles. The van der Waals surface area contributed by atoms with Crippen LogP contribution in [0, 0.1) is 10.1 Å². The average Bonchev–Trinajstić information content (AvgIpc) is 2.49.